The van der Waals surface area contributed by atoms with Crippen LogP contribution in [0.2, 0.25) is 5.02 Å². The zero-order valence-corrected chi connectivity index (χ0v) is 12.6. The van der Waals surface area contributed by atoms with E-state index in [0.717, 1.165) is 0 Å². The fourth-order valence-corrected chi connectivity index (χ4v) is 1.78. The highest BCUT2D eigenvalue weighted by atomic mass is 35.5. The molecule has 0 aliphatic rings. The Morgan fingerprint density at radius 1 is 1.57 bits per heavy atom. The number of aromatic hydroxyl groups is 1. The van der Waals surface area contributed by atoms with Gasteiger partial charge in [-0.05, 0) is 30.0 Å². The van der Waals surface area contributed by atoms with Crippen LogP contribution >= 0.6 is 11.6 Å². The first-order valence-electron chi connectivity index (χ1n) is 6.22. The molecule has 0 spiro atoms. The summed E-state index contributed by atoms with van der Waals surface area (Å²) in [6.07, 6.45) is 1.18. The van der Waals surface area contributed by atoms with Gasteiger partial charge in [0.2, 0.25) is 6.33 Å². The number of carbonyl (C=O) groups excluding carboxylic acids is 1. The van der Waals surface area contributed by atoms with E-state index in [1.165, 1.54) is 29.2 Å². The molecule has 23 heavy (non-hydrogen) atoms. The van der Waals surface area contributed by atoms with E-state index in [1.54, 1.807) is 6.92 Å². The molecule has 0 radical (unpaired) electrons. The van der Waals surface area contributed by atoms with E-state index in [4.69, 9.17) is 11.6 Å². The molecule has 0 fully saturated rings. The first-order chi connectivity index (χ1) is 10.9. The molecule has 10 nitrogen and oxygen atoms in total. The predicted octanol–water partition coefficient (Wildman–Crippen LogP) is 1.35. The van der Waals surface area contributed by atoms with E-state index in [2.05, 4.69) is 20.6 Å². The molecule has 0 atom stereocenters. The van der Waals surface area contributed by atoms with Gasteiger partial charge in [-0.3, -0.25) is 4.79 Å². The molecule has 120 valence electrons. The molecule has 0 aliphatic carbocycles. The van der Waals surface area contributed by atoms with E-state index in [9.17, 15) is 20.0 Å². The molecule has 1 amide bonds. The van der Waals surface area contributed by atoms with Crippen molar-refractivity contribution >= 4 is 29.2 Å². The summed E-state index contributed by atoms with van der Waals surface area (Å²) in [4.78, 5) is 25.2. The Balaban J connectivity index is 2.02. The van der Waals surface area contributed by atoms with Crippen molar-refractivity contribution in [2.75, 3.05) is 0 Å². The monoisotopic (exact) mass is 338 g/mol. The number of nitrogens with one attached hydrogen (secondary N) is 1. The summed E-state index contributed by atoms with van der Waals surface area (Å²) >= 11 is 5.76. The molecule has 11 heteroatoms. The van der Waals surface area contributed by atoms with Gasteiger partial charge >= 0.3 is 5.95 Å². The summed E-state index contributed by atoms with van der Waals surface area (Å²) in [7, 11) is 0. The third-order valence-corrected chi connectivity index (χ3v) is 2.87. The molecule has 1 aromatic heterocycles. The largest absolute Gasteiger partial charge is 0.507 e. The van der Waals surface area contributed by atoms with Gasteiger partial charge < -0.3 is 15.2 Å². The lowest BCUT2D eigenvalue weighted by Gasteiger charge is -2.04. The first kappa shape index (κ1) is 16.4. The summed E-state index contributed by atoms with van der Waals surface area (Å²) in [6, 6.07) is 4.04. The van der Waals surface area contributed by atoms with E-state index in [0.29, 0.717) is 10.7 Å². The van der Waals surface area contributed by atoms with E-state index >= 15 is 0 Å². The van der Waals surface area contributed by atoms with Gasteiger partial charge in [-0.1, -0.05) is 16.6 Å². The number of benzene rings is 1. The lowest BCUT2D eigenvalue weighted by Crippen LogP contribution is -2.20. The molecule has 2 N–H and O–H groups in total. The van der Waals surface area contributed by atoms with Crippen LogP contribution in [0.5, 0.6) is 5.75 Å². The van der Waals surface area contributed by atoms with Crippen LogP contribution in [0.4, 0.5) is 5.95 Å². The molecule has 0 saturated carbocycles. The maximum atomic E-state index is 11.9. The Morgan fingerprint density at radius 2 is 2.30 bits per heavy atom. The third-order valence-electron chi connectivity index (χ3n) is 2.63. The van der Waals surface area contributed by atoms with Gasteiger partial charge in [-0.2, -0.15) is 9.78 Å². The number of rotatable bonds is 5. The zero-order chi connectivity index (χ0) is 17.0. The number of aromatic nitrogens is 3. The Morgan fingerprint density at radius 3 is 2.96 bits per heavy atom. The minimum Gasteiger partial charge on any atom is -0.507 e. The highest BCUT2D eigenvalue weighted by Gasteiger charge is 2.14. The van der Waals surface area contributed by atoms with Gasteiger partial charge in [0.05, 0.1) is 17.8 Å². The van der Waals surface area contributed by atoms with Crippen LogP contribution in [0.3, 0.4) is 0 Å². The van der Waals surface area contributed by atoms with Crippen molar-refractivity contribution in [3.63, 3.8) is 0 Å². The highest BCUT2D eigenvalue weighted by Crippen LogP contribution is 2.21. The van der Waals surface area contributed by atoms with Crippen molar-refractivity contribution < 1.29 is 14.8 Å². The predicted molar refractivity (Wildman–Crippen MR) is 80.4 cm³/mol. The van der Waals surface area contributed by atoms with Crippen LogP contribution < -0.4 is 5.43 Å². The van der Waals surface area contributed by atoms with Crippen LogP contribution in [0.1, 0.15) is 17.3 Å². The smallest absolute Gasteiger partial charge is 0.490 e. The lowest BCUT2D eigenvalue weighted by molar-refractivity contribution is -0.394. The Bertz CT molecular complexity index is 788. The van der Waals surface area contributed by atoms with Crippen LogP contribution in [0, 0.1) is 10.1 Å². The number of hydrazone groups is 1. The van der Waals surface area contributed by atoms with Crippen LogP contribution in [0.15, 0.2) is 29.6 Å². The van der Waals surface area contributed by atoms with Crippen molar-refractivity contribution in [2.24, 2.45) is 5.10 Å². The van der Waals surface area contributed by atoms with Gasteiger partial charge in [-0.25, -0.2) is 5.43 Å². The number of halogens is 1. The summed E-state index contributed by atoms with van der Waals surface area (Å²) in [6.45, 7) is 1.69. The molecular weight excluding hydrogens is 328 g/mol. The second-order valence-corrected chi connectivity index (χ2v) is 4.89. The van der Waals surface area contributed by atoms with Crippen molar-refractivity contribution in [1.29, 1.82) is 0 Å². The maximum absolute atomic E-state index is 11.9. The molecule has 2 rings (SSSR count). The van der Waals surface area contributed by atoms with Gasteiger partial charge in [0, 0.05) is 10.1 Å². The number of carbonyl (C=O) groups is 1. The van der Waals surface area contributed by atoms with E-state index in [1.807, 2.05) is 0 Å². The molecule has 0 unspecified atom stereocenters. The van der Waals surface area contributed by atoms with Gasteiger partial charge in [-0.15, -0.1) is 0 Å². The van der Waals surface area contributed by atoms with Crippen molar-refractivity contribution in [3.05, 3.63) is 45.2 Å². The highest BCUT2D eigenvalue weighted by molar-refractivity contribution is 6.31. The fourth-order valence-electron chi connectivity index (χ4n) is 1.61. The summed E-state index contributed by atoms with van der Waals surface area (Å²) in [5, 5.41) is 27.8. The first-order valence-corrected chi connectivity index (χ1v) is 6.60. The normalized spacial score (nSPS) is 11.3. The topological polar surface area (TPSA) is 136 Å². The lowest BCUT2D eigenvalue weighted by atomic mass is 10.2. The van der Waals surface area contributed by atoms with Crippen molar-refractivity contribution in [3.8, 4) is 5.75 Å². The molecule has 1 aromatic carbocycles. The van der Waals surface area contributed by atoms with Gasteiger partial charge in [0.25, 0.3) is 5.91 Å². The van der Waals surface area contributed by atoms with Gasteiger partial charge in [0.15, 0.2) is 0 Å². The number of nitrogens with zero attached hydrogens (tertiary/aromatic N) is 5. The number of hydrogen-bond donors (Lipinski definition) is 2. The van der Waals surface area contributed by atoms with Crippen LogP contribution in [0.25, 0.3) is 0 Å². The third kappa shape index (κ3) is 4.23. The zero-order valence-electron chi connectivity index (χ0n) is 11.8. The van der Waals surface area contributed by atoms with Crippen LogP contribution in [-0.2, 0) is 6.54 Å². The number of nitro groups is 1. The summed E-state index contributed by atoms with van der Waals surface area (Å²) < 4.78 is 1.21. The molecule has 0 aliphatic heterocycles. The summed E-state index contributed by atoms with van der Waals surface area (Å²) in [5.41, 5.74) is 2.65. The second-order valence-electron chi connectivity index (χ2n) is 4.45. The SMILES string of the molecule is C/C(Cn1cnc([N+](=O)[O-])n1)=N\NC(=O)c1cc(Cl)ccc1O. The van der Waals surface area contributed by atoms with Crippen LogP contribution in [-0.4, -0.2) is 36.4 Å². The van der Waals surface area contributed by atoms with Crippen molar-refractivity contribution in [2.45, 2.75) is 13.5 Å². The number of phenols is 1. The quantitative estimate of drug-likeness (QED) is 0.480. The molecule has 1 heterocycles. The molecule has 0 bridgehead atoms. The average molecular weight is 339 g/mol. The maximum Gasteiger partial charge on any atom is 0.490 e. The van der Waals surface area contributed by atoms with Crippen molar-refractivity contribution in [1.82, 2.24) is 20.2 Å². The van der Waals surface area contributed by atoms with E-state index in [-0.39, 0.29) is 17.9 Å². The number of phenolic OH excluding ortho intramolecular Hbond substituents is 1. The fraction of sp³-hybridized carbons (Fsp3) is 0.167. The molecule has 0 saturated heterocycles. The minimum absolute atomic E-state index is 0.0227. The minimum atomic E-state index is -0.716. The molecular formula is C12H11ClN6O4. The Kier molecular flexibility index (Phi) is 4.86. The number of hydrogen-bond acceptors (Lipinski definition) is 7. The Labute approximate surface area is 134 Å². The Hall–Kier alpha value is -3.01. The standard InChI is InChI=1S/C12H11ClN6O4/c1-7(5-18-6-14-12(17-18)19(22)23)15-16-11(21)9-4-8(13)2-3-10(9)20/h2-4,6,20H,5H2,1H3,(H,16,21)/b15-7+. The average Bonchev–Trinajstić information content (AvgIpc) is 2.96. The molecule has 2 aromatic rings. The second kappa shape index (κ2) is 6.83. The van der Waals surface area contributed by atoms with E-state index < -0.39 is 16.8 Å². The van der Waals surface area contributed by atoms with Gasteiger partial charge in [0.1, 0.15) is 5.75 Å². The summed E-state index contributed by atoms with van der Waals surface area (Å²) in [5.74, 6) is -1.40. The number of amides is 1.